The van der Waals surface area contributed by atoms with E-state index < -0.39 is 31.2 Å². The van der Waals surface area contributed by atoms with Gasteiger partial charge in [-0.05, 0) is 0 Å². The molecule has 1 rings (SSSR count). The number of hydrogen-bond donors (Lipinski definition) is 3. The minimum absolute atomic E-state index is 0.833. The highest BCUT2D eigenvalue weighted by Crippen LogP contribution is 2.19. The average molecular weight is 181 g/mol. The lowest BCUT2D eigenvalue weighted by Gasteiger charge is -2.13. The fourth-order valence-corrected chi connectivity index (χ4v) is 1.09. The standard InChI is InChI=1S/C6H12FNO4/c1-11-8-6-5(10)4(9)3(2-7)12-6/h3-6,8-10H,2H2,1H3/t3-,4?,5-,6?/m1/s1. The maximum absolute atomic E-state index is 12.1. The SMILES string of the molecule is CONC1O[C@H](CF)C(O)[C@H]1O. The quantitative estimate of drug-likeness (QED) is 0.465. The number of hydrogen-bond acceptors (Lipinski definition) is 5. The minimum Gasteiger partial charge on any atom is -0.387 e. The van der Waals surface area contributed by atoms with Crippen LogP contribution in [0.2, 0.25) is 0 Å². The van der Waals surface area contributed by atoms with Crippen LogP contribution in [0.1, 0.15) is 0 Å². The van der Waals surface area contributed by atoms with E-state index in [1.807, 2.05) is 0 Å². The lowest BCUT2D eigenvalue weighted by Crippen LogP contribution is -2.40. The van der Waals surface area contributed by atoms with Crippen LogP contribution in [0.15, 0.2) is 0 Å². The van der Waals surface area contributed by atoms with Crippen LogP contribution in [-0.4, -0.2) is 48.5 Å². The number of alkyl halides is 1. The molecule has 0 aromatic heterocycles. The van der Waals surface area contributed by atoms with Gasteiger partial charge in [-0.25, -0.2) is 4.39 Å². The van der Waals surface area contributed by atoms with E-state index in [1.165, 1.54) is 7.11 Å². The zero-order chi connectivity index (χ0) is 9.14. The Morgan fingerprint density at radius 1 is 1.50 bits per heavy atom. The molecule has 1 fully saturated rings. The van der Waals surface area contributed by atoms with Crippen molar-refractivity contribution in [3.05, 3.63) is 0 Å². The molecule has 72 valence electrons. The predicted octanol–water partition coefficient (Wildman–Crippen LogP) is -1.45. The number of aliphatic hydroxyl groups excluding tert-OH is 2. The van der Waals surface area contributed by atoms with Gasteiger partial charge < -0.3 is 19.8 Å². The van der Waals surface area contributed by atoms with Gasteiger partial charge in [0.25, 0.3) is 0 Å². The Labute approximate surface area is 69.0 Å². The molecule has 0 amide bonds. The number of ether oxygens (including phenoxy) is 1. The molecule has 0 aliphatic carbocycles. The summed E-state index contributed by atoms with van der Waals surface area (Å²) in [6, 6.07) is 0. The summed E-state index contributed by atoms with van der Waals surface area (Å²) in [6.07, 6.45) is -4.22. The van der Waals surface area contributed by atoms with E-state index in [0.717, 1.165) is 0 Å². The van der Waals surface area contributed by atoms with Gasteiger partial charge in [-0.15, -0.1) is 0 Å². The minimum atomic E-state index is -1.21. The average Bonchev–Trinajstić information content (AvgIpc) is 2.33. The molecule has 1 saturated heterocycles. The highest BCUT2D eigenvalue weighted by molar-refractivity contribution is 4.87. The van der Waals surface area contributed by atoms with Gasteiger partial charge in [0.15, 0.2) is 6.23 Å². The zero-order valence-corrected chi connectivity index (χ0v) is 6.61. The summed E-state index contributed by atoms with van der Waals surface area (Å²) >= 11 is 0. The fourth-order valence-electron chi connectivity index (χ4n) is 1.09. The van der Waals surface area contributed by atoms with Crippen molar-refractivity contribution in [1.82, 2.24) is 5.48 Å². The van der Waals surface area contributed by atoms with E-state index in [1.54, 1.807) is 0 Å². The molecule has 1 aliphatic heterocycles. The topological polar surface area (TPSA) is 71.0 Å². The molecule has 1 aliphatic rings. The Morgan fingerprint density at radius 3 is 2.58 bits per heavy atom. The number of halogens is 1. The summed E-state index contributed by atoms with van der Waals surface area (Å²) in [7, 11) is 1.34. The van der Waals surface area contributed by atoms with Gasteiger partial charge >= 0.3 is 0 Å². The lowest BCUT2D eigenvalue weighted by molar-refractivity contribution is -0.0979. The Hall–Kier alpha value is -0.270. The van der Waals surface area contributed by atoms with Gasteiger partial charge in [-0.3, -0.25) is 0 Å². The van der Waals surface area contributed by atoms with E-state index in [-0.39, 0.29) is 0 Å². The lowest BCUT2D eigenvalue weighted by atomic mass is 10.1. The molecule has 0 saturated carbocycles. The number of hydroxylamine groups is 1. The fraction of sp³-hybridized carbons (Fsp3) is 1.00. The molecule has 0 spiro atoms. The van der Waals surface area contributed by atoms with Gasteiger partial charge in [0.1, 0.15) is 25.0 Å². The summed E-state index contributed by atoms with van der Waals surface area (Å²) in [6.45, 7) is -0.833. The molecule has 2 unspecified atom stereocenters. The largest absolute Gasteiger partial charge is 0.387 e. The van der Waals surface area contributed by atoms with Crippen LogP contribution in [0.5, 0.6) is 0 Å². The molecule has 3 N–H and O–H groups in total. The zero-order valence-electron chi connectivity index (χ0n) is 6.61. The van der Waals surface area contributed by atoms with Gasteiger partial charge in [0.2, 0.25) is 0 Å². The molecule has 0 radical (unpaired) electrons. The first-order valence-corrected chi connectivity index (χ1v) is 3.56. The van der Waals surface area contributed by atoms with Gasteiger partial charge in [-0.1, -0.05) is 0 Å². The van der Waals surface area contributed by atoms with Crippen molar-refractivity contribution in [2.45, 2.75) is 24.5 Å². The van der Waals surface area contributed by atoms with Crippen molar-refractivity contribution >= 4 is 0 Å². The maximum atomic E-state index is 12.1. The van der Waals surface area contributed by atoms with Crippen LogP contribution in [0.25, 0.3) is 0 Å². The Bertz CT molecular complexity index is 148. The summed E-state index contributed by atoms with van der Waals surface area (Å²) in [5.41, 5.74) is 2.29. The summed E-state index contributed by atoms with van der Waals surface area (Å²) < 4.78 is 16.9. The second-order valence-corrected chi connectivity index (χ2v) is 2.55. The number of aliphatic hydroxyl groups is 2. The Morgan fingerprint density at radius 2 is 2.17 bits per heavy atom. The third-order valence-electron chi connectivity index (χ3n) is 1.75. The highest BCUT2D eigenvalue weighted by Gasteiger charge is 2.42. The van der Waals surface area contributed by atoms with E-state index >= 15 is 0 Å². The molecule has 0 aromatic rings. The summed E-state index contributed by atoms with van der Waals surface area (Å²) in [5.74, 6) is 0. The molecule has 6 heteroatoms. The first-order chi connectivity index (χ1) is 5.70. The molecular formula is C6H12FNO4. The first-order valence-electron chi connectivity index (χ1n) is 3.56. The van der Waals surface area contributed by atoms with Gasteiger partial charge in [0, 0.05) is 0 Å². The molecule has 0 bridgehead atoms. The normalized spacial score (nSPS) is 42.0. The van der Waals surface area contributed by atoms with E-state index in [9.17, 15) is 9.50 Å². The highest BCUT2D eigenvalue weighted by atomic mass is 19.1. The van der Waals surface area contributed by atoms with Crippen molar-refractivity contribution in [3.63, 3.8) is 0 Å². The predicted molar refractivity (Wildman–Crippen MR) is 36.8 cm³/mol. The monoisotopic (exact) mass is 181 g/mol. The Balaban J connectivity index is 2.48. The van der Waals surface area contributed by atoms with Crippen LogP contribution < -0.4 is 5.48 Å². The van der Waals surface area contributed by atoms with Crippen LogP contribution in [0.4, 0.5) is 4.39 Å². The smallest absolute Gasteiger partial charge is 0.159 e. The second-order valence-electron chi connectivity index (χ2n) is 2.55. The molecule has 4 atom stereocenters. The number of rotatable bonds is 3. The van der Waals surface area contributed by atoms with Crippen LogP contribution in [-0.2, 0) is 9.57 Å². The van der Waals surface area contributed by atoms with Crippen LogP contribution >= 0.6 is 0 Å². The first kappa shape index (κ1) is 9.82. The van der Waals surface area contributed by atoms with E-state index in [2.05, 4.69) is 10.3 Å². The molecule has 1 heterocycles. The van der Waals surface area contributed by atoms with Crippen LogP contribution in [0.3, 0.4) is 0 Å². The van der Waals surface area contributed by atoms with Gasteiger partial charge in [-0.2, -0.15) is 5.48 Å². The molecule has 12 heavy (non-hydrogen) atoms. The van der Waals surface area contributed by atoms with Crippen molar-refractivity contribution in [2.75, 3.05) is 13.8 Å². The Kier molecular flexibility index (Phi) is 3.36. The molecule has 0 aromatic carbocycles. The third kappa shape index (κ3) is 1.73. The number of nitrogens with one attached hydrogen (secondary N) is 1. The van der Waals surface area contributed by atoms with Crippen molar-refractivity contribution in [3.8, 4) is 0 Å². The van der Waals surface area contributed by atoms with Crippen LogP contribution in [0, 0.1) is 0 Å². The van der Waals surface area contributed by atoms with Gasteiger partial charge in [0.05, 0.1) is 7.11 Å². The van der Waals surface area contributed by atoms with Crippen molar-refractivity contribution in [2.24, 2.45) is 0 Å². The molecule has 5 nitrogen and oxygen atoms in total. The van der Waals surface area contributed by atoms with E-state index in [4.69, 9.17) is 9.84 Å². The van der Waals surface area contributed by atoms with Crippen molar-refractivity contribution in [1.29, 1.82) is 0 Å². The summed E-state index contributed by atoms with van der Waals surface area (Å²) in [4.78, 5) is 4.47. The summed E-state index contributed by atoms with van der Waals surface area (Å²) in [5, 5.41) is 18.3. The van der Waals surface area contributed by atoms with E-state index in [0.29, 0.717) is 0 Å². The van der Waals surface area contributed by atoms with Crippen molar-refractivity contribution < 1.29 is 24.2 Å². The maximum Gasteiger partial charge on any atom is 0.159 e. The third-order valence-corrected chi connectivity index (χ3v) is 1.75. The second kappa shape index (κ2) is 4.11. The molecular weight excluding hydrogens is 169 g/mol.